The van der Waals surface area contributed by atoms with Crippen molar-refractivity contribution in [2.45, 2.75) is 18.9 Å². The third kappa shape index (κ3) is 3.33. The zero-order valence-electron chi connectivity index (χ0n) is 8.49. The molecule has 0 saturated carbocycles. The first-order valence-corrected chi connectivity index (χ1v) is 6.43. The van der Waals surface area contributed by atoms with Gasteiger partial charge < -0.3 is 10.2 Å². The number of alkyl halides is 1. The molecule has 0 radical (unpaired) electrons. The van der Waals surface area contributed by atoms with Crippen LogP contribution < -0.4 is 0 Å². The molecule has 1 aromatic rings. The molecule has 88 valence electrons. The highest BCUT2D eigenvalue weighted by Crippen LogP contribution is 2.24. The molecule has 1 rings (SSSR count). The highest BCUT2D eigenvalue weighted by Gasteiger charge is 2.19. The van der Waals surface area contributed by atoms with E-state index in [0.29, 0.717) is 11.4 Å². The fourth-order valence-electron chi connectivity index (χ4n) is 1.39. The lowest BCUT2D eigenvalue weighted by Gasteiger charge is -2.11. The molecule has 5 heteroatoms. The molecular weight excluding hydrogens is 342 g/mol. The molecule has 0 bridgehead atoms. The molecule has 2 N–H and O–H groups in total. The number of rotatable bonds is 5. The van der Waals surface area contributed by atoms with Crippen LogP contribution in [0.1, 0.15) is 23.7 Å². The van der Waals surface area contributed by atoms with Gasteiger partial charge in [-0.1, -0.05) is 18.2 Å². The fraction of sp³-hybridized carbons (Fsp3) is 0.364. The van der Waals surface area contributed by atoms with Gasteiger partial charge in [0.25, 0.3) is 0 Å². The average Bonchev–Trinajstić information content (AvgIpc) is 2.26. The van der Waals surface area contributed by atoms with Crippen LogP contribution in [0.3, 0.4) is 0 Å². The summed E-state index contributed by atoms with van der Waals surface area (Å²) in [4.78, 5) is 10.7. The lowest BCUT2D eigenvalue weighted by atomic mass is 10.0. The summed E-state index contributed by atoms with van der Waals surface area (Å²) in [6.07, 6.45) is 0.175. The minimum absolute atomic E-state index is 0.445. The molecule has 0 saturated heterocycles. The maximum absolute atomic E-state index is 10.7. The summed E-state index contributed by atoms with van der Waals surface area (Å²) in [6.45, 7) is 0. The third-order valence-corrected chi connectivity index (χ3v) is 3.80. The van der Waals surface area contributed by atoms with Crippen LogP contribution in [-0.4, -0.2) is 22.1 Å². The first kappa shape index (κ1) is 13.7. The van der Waals surface area contributed by atoms with Crippen LogP contribution in [0.5, 0.6) is 0 Å². The molecule has 0 amide bonds. The van der Waals surface area contributed by atoms with Gasteiger partial charge in [0.2, 0.25) is 0 Å². The van der Waals surface area contributed by atoms with Crippen LogP contribution in [0.2, 0.25) is 0 Å². The molecule has 0 fully saturated rings. The van der Waals surface area contributed by atoms with Gasteiger partial charge in [0.1, 0.15) is 0 Å². The molecule has 1 atom stereocenters. The van der Waals surface area contributed by atoms with E-state index >= 15 is 0 Å². The van der Waals surface area contributed by atoms with Crippen molar-refractivity contribution in [1.29, 1.82) is 0 Å². The van der Waals surface area contributed by atoms with Gasteiger partial charge in [-0.3, -0.25) is 0 Å². The van der Waals surface area contributed by atoms with Crippen LogP contribution in [-0.2, 0) is 11.2 Å². The Morgan fingerprint density at radius 3 is 2.75 bits per heavy atom. The molecular formula is C11H12ClIO3. The Hall–Kier alpha value is -0.330. The van der Waals surface area contributed by atoms with Crippen LogP contribution >= 0.6 is 34.2 Å². The average molecular weight is 355 g/mol. The molecule has 0 spiro atoms. The number of carboxylic acid groups (broad SMARTS) is 1. The molecule has 0 aromatic heterocycles. The van der Waals surface area contributed by atoms with E-state index in [1.54, 1.807) is 12.1 Å². The Morgan fingerprint density at radius 2 is 2.19 bits per heavy atom. The lowest BCUT2D eigenvalue weighted by molar-refractivity contribution is -0.147. The monoisotopic (exact) mass is 354 g/mol. The Labute approximate surface area is 113 Å². The second kappa shape index (κ2) is 6.42. The minimum atomic E-state index is -1.46. The van der Waals surface area contributed by atoms with E-state index in [4.69, 9.17) is 16.7 Å². The first-order chi connectivity index (χ1) is 7.57. The zero-order chi connectivity index (χ0) is 12.1. The zero-order valence-corrected chi connectivity index (χ0v) is 11.4. The first-order valence-electron chi connectivity index (χ1n) is 4.82. The van der Waals surface area contributed by atoms with Crippen molar-refractivity contribution in [2.75, 3.05) is 5.88 Å². The number of carbonyl (C=O) groups is 1. The van der Waals surface area contributed by atoms with Gasteiger partial charge in [0.05, 0.1) is 0 Å². The van der Waals surface area contributed by atoms with E-state index in [9.17, 15) is 9.90 Å². The smallest absolute Gasteiger partial charge is 0.337 e. The van der Waals surface area contributed by atoms with Crippen molar-refractivity contribution in [3.8, 4) is 0 Å². The van der Waals surface area contributed by atoms with Crippen LogP contribution in [0.15, 0.2) is 18.2 Å². The second-order valence-electron chi connectivity index (χ2n) is 3.35. The van der Waals surface area contributed by atoms with Crippen LogP contribution in [0.25, 0.3) is 0 Å². The van der Waals surface area contributed by atoms with E-state index in [1.165, 1.54) is 0 Å². The normalized spacial score (nSPS) is 12.4. The molecule has 0 heterocycles. The van der Waals surface area contributed by atoms with Crippen molar-refractivity contribution in [2.24, 2.45) is 0 Å². The van der Waals surface area contributed by atoms with Crippen LogP contribution in [0, 0.1) is 3.57 Å². The maximum Gasteiger partial charge on any atom is 0.337 e. The van der Waals surface area contributed by atoms with Gasteiger partial charge >= 0.3 is 5.97 Å². The van der Waals surface area contributed by atoms with Gasteiger partial charge in [-0.05, 0) is 41.0 Å². The number of hydrogen-bond donors (Lipinski definition) is 2. The molecule has 0 aliphatic carbocycles. The number of halogens is 2. The number of carboxylic acids is 1. The molecule has 0 aliphatic rings. The van der Waals surface area contributed by atoms with E-state index < -0.39 is 12.1 Å². The van der Waals surface area contributed by atoms with E-state index in [-0.39, 0.29) is 0 Å². The van der Waals surface area contributed by atoms with E-state index in [1.807, 2.05) is 6.07 Å². The highest BCUT2D eigenvalue weighted by atomic mass is 127. The molecule has 0 aliphatic heterocycles. The number of aliphatic hydroxyl groups is 1. The lowest BCUT2D eigenvalue weighted by Crippen LogP contribution is -2.12. The predicted octanol–water partition coefficient (Wildman–Crippen LogP) is 2.58. The van der Waals surface area contributed by atoms with Gasteiger partial charge in [-0.25, -0.2) is 4.79 Å². The Balaban J connectivity index is 2.98. The van der Waals surface area contributed by atoms with E-state index in [2.05, 4.69) is 22.6 Å². The third-order valence-electron chi connectivity index (χ3n) is 2.22. The van der Waals surface area contributed by atoms with Gasteiger partial charge in [0, 0.05) is 15.0 Å². The molecule has 16 heavy (non-hydrogen) atoms. The predicted molar refractivity (Wildman–Crippen MR) is 70.8 cm³/mol. The van der Waals surface area contributed by atoms with Gasteiger partial charge in [-0.15, -0.1) is 11.6 Å². The van der Waals surface area contributed by atoms with E-state index in [0.717, 1.165) is 22.0 Å². The molecule has 3 nitrogen and oxygen atoms in total. The van der Waals surface area contributed by atoms with Crippen LogP contribution in [0.4, 0.5) is 0 Å². The number of aliphatic carboxylic acids is 1. The fourth-order valence-corrected chi connectivity index (χ4v) is 2.45. The maximum atomic E-state index is 10.7. The summed E-state index contributed by atoms with van der Waals surface area (Å²) in [5, 5.41) is 18.3. The van der Waals surface area contributed by atoms with Crippen molar-refractivity contribution in [3.05, 3.63) is 32.9 Å². The second-order valence-corrected chi connectivity index (χ2v) is 4.81. The summed E-state index contributed by atoms with van der Waals surface area (Å²) >= 11 is 7.67. The molecule has 1 aromatic carbocycles. The number of benzene rings is 1. The summed E-state index contributed by atoms with van der Waals surface area (Å²) in [5.41, 5.74) is 1.47. The summed E-state index contributed by atoms with van der Waals surface area (Å²) in [6, 6.07) is 5.31. The molecule has 1 unspecified atom stereocenters. The van der Waals surface area contributed by atoms with Gasteiger partial charge in [0.15, 0.2) is 6.10 Å². The van der Waals surface area contributed by atoms with Crippen molar-refractivity contribution >= 4 is 40.2 Å². The number of aryl methyl sites for hydroxylation is 1. The number of aliphatic hydroxyl groups excluding tert-OH is 1. The Bertz CT molecular complexity index is 381. The largest absolute Gasteiger partial charge is 0.479 e. The highest BCUT2D eigenvalue weighted by molar-refractivity contribution is 14.1. The Kier molecular flexibility index (Phi) is 5.51. The van der Waals surface area contributed by atoms with Gasteiger partial charge in [-0.2, -0.15) is 0 Å². The van der Waals surface area contributed by atoms with Crippen molar-refractivity contribution < 1.29 is 15.0 Å². The summed E-state index contributed by atoms with van der Waals surface area (Å²) < 4.78 is 0.806. The Morgan fingerprint density at radius 1 is 1.50 bits per heavy atom. The quantitative estimate of drug-likeness (QED) is 0.631. The van der Waals surface area contributed by atoms with Crippen molar-refractivity contribution in [3.63, 3.8) is 0 Å². The summed E-state index contributed by atoms with van der Waals surface area (Å²) in [5.74, 6) is -0.658. The number of hydrogen-bond acceptors (Lipinski definition) is 2. The standard InChI is InChI=1S/C11H12ClIO3/c12-6-2-4-7-3-1-5-8(9(7)13)10(14)11(15)16/h1,3,5,10,14H,2,4,6H2,(H,15,16). The van der Waals surface area contributed by atoms with Crippen molar-refractivity contribution in [1.82, 2.24) is 0 Å². The summed E-state index contributed by atoms with van der Waals surface area (Å²) in [7, 11) is 0. The SMILES string of the molecule is O=C(O)C(O)c1cccc(CCCCl)c1I. The minimum Gasteiger partial charge on any atom is -0.479 e. The topological polar surface area (TPSA) is 57.5 Å².